The average molecular weight is 341 g/mol. The van der Waals surface area contributed by atoms with Crippen molar-refractivity contribution in [1.29, 1.82) is 0 Å². The minimum atomic E-state index is -0.151. The van der Waals surface area contributed by atoms with Gasteiger partial charge in [0.05, 0.1) is 17.1 Å². The second-order valence-electron chi connectivity index (χ2n) is 6.52. The van der Waals surface area contributed by atoms with Crippen molar-refractivity contribution in [2.45, 2.75) is 45.6 Å². The van der Waals surface area contributed by atoms with E-state index in [-0.39, 0.29) is 11.9 Å². The Morgan fingerprint density at radius 1 is 1.38 bits per heavy atom. The zero-order chi connectivity index (χ0) is 16.8. The lowest BCUT2D eigenvalue weighted by molar-refractivity contribution is 0.102. The van der Waals surface area contributed by atoms with E-state index in [0.29, 0.717) is 16.6 Å². The van der Waals surface area contributed by atoms with E-state index in [4.69, 9.17) is 4.98 Å². The first kappa shape index (κ1) is 15.3. The molecular formula is C17H19N5OS. The summed E-state index contributed by atoms with van der Waals surface area (Å²) in [5.74, 6) is 0.320. The molecule has 0 unspecified atom stereocenters. The van der Waals surface area contributed by atoms with E-state index in [1.165, 1.54) is 11.3 Å². The van der Waals surface area contributed by atoms with Crippen LogP contribution in [0.1, 0.15) is 59.6 Å². The summed E-state index contributed by atoms with van der Waals surface area (Å²) in [7, 11) is 0. The standard InChI is InChI=1S/C17H19N5OS/c1-9(2)22-15-13(8-19-22)12(6-14(20-15)11-4-5-11)16(23)21-17-18-7-10(3)24-17/h6-9,11H,4-5H2,1-3H3,(H,18,21,23). The van der Waals surface area contributed by atoms with Gasteiger partial charge in [-0.1, -0.05) is 0 Å². The van der Waals surface area contributed by atoms with Gasteiger partial charge >= 0.3 is 0 Å². The van der Waals surface area contributed by atoms with Crippen LogP contribution in [-0.4, -0.2) is 25.7 Å². The molecule has 24 heavy (non-hydrogen) atoms. The van der Waals surface area contributed by atoms with Crippen LogP contribution < -0.4 is 5.32 Å². The van der Waals surface area contributed by atoms with Gasteiger partial charge in [-0.05, 0) is 39.7 Å². The number of carbonyl (C=O) groups excluding carboxylic acids is 1. The summed E-state index contributed by atoms with van der Waals surface area (Å²) in [6.45, 7) is 6.10. The molecule has 3 heterocycles. The Bertz CT molecular complexity index is 922. The number of nitrogens with one attached hydrogen (secondary N) is 1. The first-order valence-corrected chi connectivity index (χ1v) is 8.96. The van der Waals surface area contributed by atoms with Gasteiger partial charge in [0.1, 0.15) is 0 Å². The second-order valence-corrected chi connectivity index (χ2v) is 7.75. The molecule has 3 aromatic rings. The molecule has 0 spiro atoms. The van der Waals surface area contributed by atoms with E-state index >= 15 is 0 Å². The Morgan fingerprint density at radius 3 is 2.79 bits per heavy atom. The number of pyridine rings is 1. The number of fused-ring (bicyclic) bond motifs is 1. The summed E-state index contributed by atoms with van der Waals surface area (Å²) < 4.78 is 1.88. The van der Waals surface area contributed by atoms with Crippen molar-refractivity contribution >= 4 is 33.4 Å². The van der Waals surface area contributed by atoms with Crippen molar-refractivity contribution in [2.75, 3.05) is 5.32 Å². The van der Waals surface area contributed by atoms with Crippen molar-refractivity contribution < 1.29 is 4.79 Å². The highest BCUT2D eigenvalue weighted by molar-refractivity contribution is 7.15. The quantitative estimate of drug-likeness (QED) is 0.781. The maximum Gasteiger partial charge on any atom is 0.258 e. The topological polar surface area (TPSA) is 72.7 Å². The number of aromatic nitrogens is 4. The number of hydrogen-bond acceptors (Lipinski definition) is 5. The average Bonchev–Trinajstić information content (AvgIpc) is 3.18. The van der Waals surface area contributed by atoms with Crippen LogP contribution in [0.2, 0.25) is 0 Å². The third-order valence-electron chi connectivity index (χ3n) is 4.16. The Morgan fingerprint density at radius 2 is 2.17 bits per heavy atom. The summed E-state index contributed by atoms with van der Waals surface area (Å²) in [6.07, 6.45) is 5.78. The number of rotatable bonds is 4. The van der Waals surface area contributed by atoms with Crippen LogP contribution in [0, 0.1) is 6.92 Å². The molecule has 1 saturated carbocycles. The largest absolute Gasteiger partial charge is 0.298 e. The first-order chi connectivity index (χ1) is 11.5. The van der Waals surface area contributed by atoms with Crippen molar-refractivity contribution in [2.24, 2.45) is 0 Å². The molecule has 0 atom stereocenters. The Balaban J connectivity index is 1.79. The SMILES string of the molecule is Cc1cnc(NC(=O)c2cc(C3CC3)nc3c2cnn3C(C)C)s1. The summed E-state index contributed by atoms with van der Waals surface area (Å²) in [5.41, 5.74) is 2.40. The molecule has 1 aliphatic carbocycles. The van der Waals surface area contributed by atoms with Crippen LogP contribution in [-0.2, 0) is 0 Å². The van der Waals surface area contributed by atoms with E-state index in [1.807, 2.05) is 17.7 Å². The van der Waals surface area contributed by atoms with Gasteiger partial charge in [0, 0.05) is 28.7 Å². The first-order valence-electron chi connectivity index (χ1n) is 8.15. The van der Waals surface area contributed by atoms with Crippen molar-refractivity contribution in [1.82, 2.24) is 19.7 Å². The zero-order valence-corrected chi connectivity index (χ0v) is 14.7. The maximum absolute atomic E-state index is 12.8. The monoisotopic (exact) mass is 341 g/mol. The number of thiazole rings is 1. The molecule has 1 amide bonds. The Hall–Kier alpha value is -2.28. The number of amides is 1. The fourth-order valence-corrected chi connectivity index (χ4v) is 3.43. The van der Waals surface area contributed by atoms with Crippen LogP contribution in [0.25, 0.3) is 11.0 Å². The molecule has 0 aliphatic heterocycles. The van der Waals surface area contributed by atoms with E-state index in [9.17, 15) is 4.79 Å². The number of anilines is 1. The van der Waals surface area contributed by atoms with E-state index in [0.717, 1.165) is 34.4 Å². The summed E-state index contributed by atoms with van der Waals surface area (Å²) in [4.78, 5) is 22.9. The predicted molar refractivity (Wildman–Crippen MR) is 94.7 cm³/mol. The molecule has 6 nitrogen and oxygen atoms in total. The molecule has 0 radical (unpaired) electrons. The summed E-state index contributed by atoms with van der Waals surface area (Å²) >= 11 is 1.47. The molecule has 3 aromatic heterocycles. The highest BCUT2D eigenvalue weighted by atomic mass is 32.1. The summed E-state index contributed by atoms with van der Waals surface area (Å²) in [6, 6.07) is 2.12. The molecule has 0 aromatic carbocycles. The predicted octanol–water partition coefficient (Wildman–Crippen LogP) is 3.91. The van der Waals surface area contributed by atoms with Gasteiger partial charge in [-0.25, -0.2) is 14.6 Å². The van der Waals surface area contributed by atoms with Gasteiger partial charge < -0.3 is 0 Å². The number of hydrogen-bond donors (Lipinski definition) is 1. The van der Waals surface area contributed by atoms with E-state index in [1.54, 1.807) is 12.4 Å². The Kier molecular flexibility index (Phi) is 3.60. The van der Waals surface area contributed by atoms with Crippen LogP contribution in [0.3, 0.4) is 0 Å². The van der Waals surface area contributed by atoms with Gasteiger partial charge in [-0.3, -0.25) is 10.1 Å². The lowest BCUT2D eigenvalue weighted by Crippen LogP contribution is -2.13. The van der Waals surface area contributed by atoms with Gasteiger partial charge in [-0.15, -0.1) is 11.3 Å². The second kappa shape index (κ2) is 5.66. The molecule has 124 valence electrons. The van der Waals surface area contributed by atoms with Crippen molar-refractivity contribution in [3.05, 3.63) is 34.6 Å². The molecule has 1 N–H and O–H groups in total. The van der Waals surface area contributed by atoms with Crippen LogP contribution in [0.5, 0.6) is 0 Å². The lowest BCUT2D eigenvalue weighted by Gasteiger charge is -2.10. The third-order valence-corrected chi connectivity index (χ3v) is 4.99. The highest BCUT2D eigenvalue weighted by Crippen LogP contribution is 2.40. The highest BCUT2D eigenvalue weighted by Gasteiger charge is 2.28. The van der Waals surface area contributed by atoms with E-state index in [2.05, 4.69) is 29.2 Å². The van der Waals surface area contributed by atoms with Gasteiger partial charge in [-0.2, -0.15) is 5.10 Å². The summed E-state index contributed by atoms with van der Waals surface area (Å²) in [5, 5.41) is 8.74. The lowest BCUT2D eigenvalue weighted by atomic mass is 10.1. The number of carbonyl (C=O) groups is 1. The normalized spacial score (nSPS) is 14.5. The van der Waals surface area contributed by atoms with Crippen LogP contribution >= 0.6 is 11.3 Å². The third kappa shape index (κ3) is 2.69. The van der Waals surface area contributed by atoms with Gasteiger partial charge in [0.15, 0.2) is 10.8 Å². The molecule has 1 aliphatic rings. The smallest absolute Gasteiger partial charge is 0.258 e. The Labute approximate surface area is 143 Å². The molecular weight excluding hydrogens is 322 g/mol. The number of aryl methyl sites for hydroxylation is 1. The molecule has 0 bridgehead atoms. The van der Waals surface area contributed by atoms with E-state index < -0.39 is 0 Å². The van der Waals surface area contributed by atoms with Gasteiger partial charge in [0.2, 0.25) is 0 Å². The minimum Gasteiger partial charge on any atom is -0.298 e. The number of nitrogens with zero attached hydrogens (tertiary/aromatic N) is 4. The van der Waals surface area contributed by atoms with Crippen LogP contribution in [0.15, 0.2) is 18.5 Å². The fourth-order valence-electron chi connectivity index (χ4n) is 2.77. The van der Waals surface area contributed by atoms with Crippen LogP contribution in [0.4, 0.5) is 5.13 Å². The minimum absolute atomic E-state index is 0.151. The molecule has 4 rings (SSSR count). The molecule has 0 saturated heterocycles. The maximum atomic E-state index is 12.8. The fraction of sp³-hybridized carbons (Fsp3) is 0.412. The van der Waals surface area contributed by atoms with Crippen molar-refractivity contribution in [3.8, 4) is 0 Å². The molecule has 1 fully saturated rings. The zero-order valence-electron chi connectivity index (χ0n) is 13.9. The van der Waals surface area contributed by atoms with Gasteiger partial charge in [0.25, 0.3) is 5.91 Å². The molecule has 7 heteroatoms. The van der Waals surface area contributed by atoms with Crippen molar-refractivity contribution in [3.63, 3.8) is 0 Å².